The second-order valence-corrected chi connectivity index (χ2v) is 5.05. The van der Waals surface area contributed by atoms with E-state index >= 15 is 0 Å². The molecule has 2 rings (SSSR count). The van der Waals surface area contributed by atoms with Gasteiger partial charge in [-0.1, -0.05) is 25.8 Å². The van der Waals surface area contributed by atoms with Crippen LogP contribution in [0.2, 0.25) is 0 Å². The summed E-state index contributed by atoms with van der Waals surface area (Å²) in [5.74, 6) is 0.942. The van der Waals surface area contributed by atoms with Gasteiger partial charge in [0.25, 0.3) is 0 Å². The summed E-state index contributed by atoms with van der Waals surface area (Å²) < 4.78 is 19.3. The molecule has 1 aromatic carbocycles. The zero-order valence-corrected chi connectivity index (χ0v) is 11.2. The fourth-order valence-electron chi connectivity index (χ4n) is 2.07. The molecule has 0 heterocycles. The Labute approximate surface area is 109 Å². The largest absolute Gasteiger partial charge is 0.491 e. The summed E-state index contributed by atoms with van der Waals surface area (Å²) >= 11 is 0. The minimum atomic E-state index is -0.256. The zero-order chi connectivity index (χ0) is 13.0. The molecule has 1 atom stereocenters. The van der Waals surface area contributed by atoms with Gasteiger partial charge in [0.1, 0.15) is 0 Å². The number of hydrogen-bond donors (Lipinski definition) is 1. The zero-order valence-electron chi connectivity index (χ0n) is 11.2. The van der Waals surface area contributed by atoms with Crippen molar-refractivity contribution in [1.82, 2.24) is 5.32 Å². The summed E-state index contributed by atoms with van der Waals surface area (Å²) in [4.78, 5) is 0. The third kappa shape index (κ3) is 3.70. The average Bonchev–Trinajstić information content (AvgIpc) is 3.15. The molecule has 0 radical (unpaired) electrons. The smallest absolute Gasteiger partial charge is 0.165 e. The SMILES string of the molecule is CCNC(C)c1ccc(OCCC2CC2)c(F)c1. The highest BCUT2D eigenvalue weighted by atomic mass is 19.1. The van der Waals surface area contributed by atoms with E-state index in [-0.39, 0.29) is 11.9 Å². The minimum absolute atomic E-state index is 0.171. The predicted octanol–water partition coefficient (Wildman–Crippen LogP) is 3.68. The van der Waals surface area contributed by atoms with Gasteiger partial charge < -0.3 is 10.1 Å². The quantitative estimate of drug-likeness (QED) is 0.798. The molecule has 0 aromatic heterocycles. The molecular formula is C15H22FNO. The molecule has 0 aliphatic heterocycles. The van der Waals surface area contributed by atoms with Crippen LogP contribution in [0.25, 0.3) is 0 Å². The third-order valence-electron chi connectivity index (χ3n) is 3.45. The van der Waals surface area contributed by atoms with Gasteiger partial charge >= 0.3 is 0 Å². The summed E-state index contributed by atoms with van der Waals surface area (Å²) in [5.41, 5.74) is 0.962. The van der Waals surface area contributed by atoms with E-state index in [1.165, 1.54) is 12.8 Å². The van der Waals surface area contributed by atoms with Crippen molar-refractivity contribution < 1.29 is 9.13 Å². The first-order chi connectivity index (χ1) is 8.70. The van der Waals surface area contributed by atoms with Gasteiger partial charge in [-0.2, -0.15) is 0 Å². The van der Waals surface area contributed by atoms with Gasteiger partial charge in [0.2, 0.25) is 0 Å². The predicted molar refractivity (Wildman–Crippen MR) is 71.3 cm³/mol. The maximum absolute atomic E-state index is 13.8. The average molecular weight is 251 g/mol. The molecule has 0 saturated heterocycles. The molecule has 1 aliphatic carbocycles. The minimum Gasteiger partial charge on any atom is -0.491 e. The molecular weight excluding hydrogens is 229 g/mol. The molecule has 1 aromatic rings. The summed E-state index contributed by atoms with van der Waals surface area (Å²) in [6.07, 6.45) is 3.67. The molecule has 18 heavy (non-hydrogen) atoms. The molecule has 0 amide bonds. The second kappa shape index (κ2) is 6.19. The van der Waals surface area contributed by atoms with Gasteiger partial charge in [0, 0.05) is 6.04 Å². The van der Waals surface area contributed by atoms with Crippen molar-refractivity contribution in [2.45, 2.75) is 39.2 Å². The van der Waals surface area contributed by atoms with E-state index in [1.807, 2.05) is 19.9 Å². The Kier molecular flexibility index (Phi) is 4.59. The monoisotopic (exact) mass is 251 g/mol. The van der Waals surface area contributed by atoms with Crippen LogP contribution in [0.1, 0.15) is 44.7 Å². The van der Waals surface area contributed by atoms with Crippen LogP contribution in [-0.4, -0.2) is 13.2 Å². The maximum atomic E-state index is 13.8. The first-order valence-corrected chi connectivity index (χ1v) is 6.86. The number of benzene rings is 1. The van der Waals surface area contributed by atoms with Crippen molar-refractivity contribution in [3.63, 3.8) is 0 Å². The number of rotatable bonds is 7. The molecule has 3 heteroatoms. The lowest BCUT2D eigenvalue weighted by molar-refractivity contribution is 0.288. The molecule has 1 N–H and O–H groups in total. The van der Waals surface area contributed by atoms with E-state index < -0.39 is 0 Å². The van der Waals surface area contributed by atoms with Gasteiger partial charge in [0.05, 0.1) is 6.61 Å². The topological polar surface area (TPSA) is 21.3 Å². The van der Waals surface area contributed by atoms with E-state index in [4.69, 9.17) is 4.74 Å². The highest BCUT2D eigenvalue weighted by Gasteiger charge is 2.21. The molecule has 0 bridgehead atoms. The van der Waals surface area contributed by atoms with E-state index in [2.05, 4.69) is 5.32 Å². The van der Waals surface area contributed by atoms with E-state index in [1.54, 1.807) is 12.1 Å². The molecule has 1 saturated carbocycles. The summed E-state index contributed by atoms with van der Waals surface area (Å²) in [6.45, 7) is 5.58. The Morgan fingerprint density at radius 1 is 1.44 bits per heavy atom. The molecule has 2 nitrogen and oxygen atoms in total. The van der Waals surface area contributed by atoms with Crippen molar-refractivity contribution >= 4 is 0 Å². The molecule has 1 fully saturated rings. The lowest BCUT2D eigenvalue weighted by Gasteiger charge is -2.14. The van der Waals surface area contributed by atoms with Gasteiger partial charge in [-0.3, -0.25) is 0 Å². The normalized spacial score (nSPS) is 16.6. The number of nitrogens with one attached hydrogen (secondary N) is 1. The van der Waals surface area contributed by atoms with E-state index in [9.17, 15) is 4.39 Å². The van der Waals surface area contributed by atoms with Gasteiger partial charge in [-0.05, 0) is 43.5 Å². The van der Waals surface area contributed by atoms with E-state index in [0.29, 0.717) is 12.4 Å². The van der Waals surface area contributed by atoms with Crippen LogP contribution in [0.15, 0.2) is 18.2 Å². The Bertz CT molecular complexity index is 390. The number of ether oxygens (including phenoxy) is 1. The lowest BCUT2D eigenvalue weighted by atomic mass is 10.1. The lowest BCUT2D eigenvalue weighted by Crippen LogP contribution is -2.17. The van der Waals surface area contributed by atoms with Crippen LogP contribution in [0.4, 0.5) is 4.39 Å². The first-order valence-electron chi connectivity index (χ1n) is 6.86. The van der Waals surface area contributed by atoms with Crippen molar-refractivity contribution in [2.75, 3.05) is 13.2 Å². The van der Waals surface area contributed by atoms with Crippen LogP contribution in [0.5, 0.6) is 5.75 Å². The molecule has 0 spiro atoms. The van der Waals surface area contributed by atoms with Crippen LogP contribution >= 0.6 is 0 Å². The summed E-state index contributed by atoms with van der Waals surface area (Å²) in [6, 6.07) is 5.42. The maximum Gasteiger partial charge on any atom is 0.165 e. The highest BCUT2D eigenvalue weighted by molar-refractivity contribution is 5.30. The number of hydrogen-bond acceptors (Lipinski definition) is 2. The van der Waals surface area contributed by atoms with Gasteiger partial charge in [-0.15, -0.1) is 0 Å². The molecule has 1 aliphatic rings. The molecule has 1 unspecified atom stereocenters. The van der Waals surface area contributed by atoms with Crippen LogP contribution in [0.3, 0.4) is 0 Å². The Morgan fingerprint density at radius 3 is 2.83 bits per heavy atom. The highest BCUT2D eigenvalue weighted by Crippen LogP contribution is 2.32. The Hall–Kier alpha value is -1.09. The van der Waals surface area contributed by atoms with E-state index in [0.717, 1.165) is 24.4 Å². The summed E-state index contributed by atoms with van der Waals surface area (Å²) in [5, 5.41) is 3.27. The Balaban J connectivity index is 1.90. The van der Waals surface area contributed by atoms with Crippen molar-refractivity contribution in [2.24, 2.45) is 5.92 Å². The molecule has 100 valence electrons. The standard InChI is InChI=1S/C15H22FNO/c1-3-17-11(2)13-6-7-15(14(16)10-13)18-9-8-12-4-5-12/h6-7,10-12,17H,3-5,8-9H2,1-2H3. The third-order valence-corrected chi connectivity index (χ3v) is 3.45. The van der Waals surface area contributed by atoms with Crippen molar-refractivity contribution in [1.29, 1.82) is 0 Å². The fourth-order valence-corrected chi connectivity index (χ4v) is 2.07. The van der Waals surface area contributed by atoms with Crippen LogP contribution < -0.4 is 10.1 Å². The summed E-state index contributed by atoms with van der Waals surface area (Å²) in [7, 11) is 0. The van der Waals surface area contributed by atoms with Crippen molar-refractivity contribution in [3.8, 4) is 5.75 Å². The fraction of sp³-hybridized carbons (Fsp3) is 0.600. The van der Waals surface area contributed by atoms with Crippen LogP contribution in [0, 0.1) is 11.7 Å². The first kappa shape index (κ1) is 13.3. The van der Waals surface area contributed by atoms with Gasteiger partial charge in [0.15, 0.2) is 11.6 Å². The Morgan fingerprint density at radius 2 is 2.22 bits per heavy atom. The number of halogens is 1. The van der Waals surface area contributed by atoms with Crippen LogP contribution in [-0.2, 0) is 0 Å². The van der Waals surface area contributed by atoms with Gasteiger partial charge in [-0.25, -0.2) is 4.39 Å². The van der Waals surface area contributed by atoms with Crippen molar-refractivity contribution in [3.05, 3.63) is 29.6 Å². The second-order valence-electron chi connectivity index (χ2n) is 5.05.